The molecule has 1 amide bonds. The molecule has 1 aliphatic rings. The third-order valence-electron chi connectivity index (χ3n) is 5.25. The molecule has 136 valence electrons. The van der Waals surface area contributed by atoms with Gasteiger partial charge < -0.3 is 11.1 Å². The van der Waals surface area contributed by atoms with Gasteiger partial charge in [-0.15, -0.1) is 0 Å². The van der Waals surface area contributed by atoms with Crippen molar-refractivity contribution >= 4 is 29.0 Å². The van der Waals surface area contributed by atoms with E-state index in [1.54, 1.807) is 48.8 Å². The van der Waals surface area contributed by atoms with Crippen molar-refractivity contribution in [3.8, 4) is 0 Å². The monoisotopic (exact) mass is 371 g/mol. The lowest BCUT2D eigenvalue weighted by atomic mass is 9.68. The second-order valence-corrected chi connectivity index (χ2v) is 7.26. The summed E-state index contributed by atoms with van der Waals surface area (Å²) in [7, 11) is 0. The molecule has 0 unspecified atom stereocenters. The number of nitrogens with two attached hydrogens (primary N) is 1. The minimum Gasteiger partial charge on any atom is -0.329 e. The van der Waals surface area contributed by atoms with Crippen molar-refractivity contribution in [3.63, 3.8) is 0 Å². The van der Waals surface area contributed by atoms with Crippen LogP contribution >= 0.6 is 11.6 Å². The van der Waals surface area contributed by atoms with Crippen LogP contribution in [0, 0.1) is 11.3 Å². The molecule has 0 aliphatic heterocycles. The number of hydrogen-bond acceptors (Lipinski definition) is 4. The Morgan fingerprint density at radius 2 is 1.73 bits per heavy atom. The minimum atomic E-state index is -0.625. The van der Waals surface area contributed by atoms with Gasteiger partial charge in [0.25, 0.3) is 0 Å². The van der Waals surface area contributed by atoms with Gasteiger partial charge in [-0.3, -0.25) is 14.6 Å². The van der Waals surface area contributed by atoms with Gasteiger partial charge in [-0.25, -0.2) is 0 Å². The minimum absolute atomic E-state index is 0.0791. The number of benzene rings is 1. The lowest BCUT2D eigenvalue weighted by Crippen LogP contribution is -2.45. The number of aromatic nitrogens is 1. The summed E-state index contributed by atoms with van der Waals surface area (Å²) in [6.45, 7) is 0.270. The fourth-order valence-corrected chi connectivity index (χ4v) is 3.63. The quantitative estimate of drug-likeness (QED) is 0.785. The summed E-state index contributed by atoms with van der Waals surface area (Å²) in [4.78, 5) is 29.4. The summed E-state index contributed by atoms with van der Waals surface area (Å²) >= 11 is 5.89. The van der Waals surface area contributed by atoms with Crippen molar-refractivity contribution in [2.24, 2.45) is 17.1 Å². The number of hydrogen-bond donors (Lipinski definition) is 2. The summed E-state index contributed by atoms with van der Waals surface area (Å²) in [6.07, 6.45) is 5.78. The van der Waals surface area contributed by atoms with Gasteiger partial charge in [-0.1, -0.05) is 11.6 Å². The molecule has 26 heavy (non-hydrogen) atoms. The van der Waals surface area contributed by atoms with Crippen LogP contribution in [0.5, 0.6) is 0 Å². The molecule has 5 nitrogen and oxygen atoms in total. The summed E-state index contributed by atoms with van der Waals surface area (Å²) in [5.41, 5.74) is 6.72. The van der Waals surface area contributed by atoms with E-state index in [1.165, 1.54) is 0 Å². The SMILES string of the molecule is NC[C@]1(C(=O)Nc2ccncc2)CC[C@H](C(=O)c2ccc(Cl)cc2)CC1. The molecule has 1 aromatic heterocycles. The first-order valence-electron chi connectivity index (χ1n) is 8.75. The van der Waals surface area contributed by atoms with E-state index in [2.05, 4.69) is 10.3 Å². The standard InChI is InChI=1S/C20H22ClN3O2/c21-16-3-1-14(2-4-16)18(25)15-5-9-20(13-22,10-6-15)19(26)24-17-7-11-23-12-8-17/h1-4,7-8,11-12,15H,5-6,9-10,13,22H2,(H,23,24,26)/t15-,20-. The summed E-state index contributed by atoms with van der Waals surface area (Å²) in [5.74, 6) is -0.0463. The number of rotatable bonds is 5. The van der Waals surface area contributed by atoms with Gasteiger partial charge in [0.1, 0.15) is 0 Å². The van der Waals surface area contributed by atoms with Crippen molar-refractivity contribution < 1.29 is 9.59 Å². The molecular formula is C20H22ClN3O2. The Morgan fingerprint density at radius 3 is 2.31 bits per heavy atom. The van der Waals surface area contributed by atoms with Gasteiger partial charge in [0.2, 0.25) is 5.91 Å². The summed E-state index contributed by atoms with van der Waals surface area (Å²) in [5, 5.41) is 3.54. The van der Waals surface area contributed by atoms with Gasteiger partial charge in [0.05, 0.1) is 5.41 Å². The molecule has 1 aliphatic carbocycles. The number of pyridine rings is 1. The van der Waals surface area contributed by atoms with Crippen LogP contribution in [0.25, 0.3) is 0 Å². The predicted molar refractivity (Wildman–Crippen MR) is 102 cm³/mol. The number of carbonyl (C=O) groups is 2. The lowest BCUT2D eigenvalue weighted by molar-refractivity contribution is -0.127. The molecule has 1 heterocycles. The van der Waals surface area contributed by atoms with E-state index in [9.17, 15) is 9.59 Å². The molecule has 1 aromatic carbocycles. The Labute approximate surface area is 158 Å². The van der Waals surface area contributed by atoms with Crippen molar-refractivity contribution in [1.29, 1.82) is 0 Å². The van der Waals surface area contributed by atoms with Gasteiger partial charge in [0.15, 0.2) is 5.78 Å². The molecule has 3 rings (SSSR count). The second kappa shape index (κ2) is 7.98. The number of amides is 1. The first kappa shape index (κ1) is 18.5. The van der Waals surface area contributed by atoms with Crippen molar-refractivity contribution in [2.75, 3.05) is 11.9 Å². The molecule has 0 radical (unpaired) electrons. The zero-order valence-electron chi connectivity index (χ0n) is 14.5. The fourth-order valence-electron chi connectivity index (χ4n) is 3.51. The highest BCUT2D eigenvalue weighted by molar-refractivity contribution is 6.30. The smallest absolute Gasteiger partial charge is 0.231 e. The highest BCUT2D eigenvalue weighted by atomic mass is 35.5. The molecule has 0 spiro atoms. The average Bonchev–Trinajstić information content (AvgIpc) is 2.69. The molecule has 1 fully saturated rings. The average molecular weight is 372 g/mol. The van der Waals surface area contributed by atoms with Crippen LogP contribution in [0.3, 0.4) is 0 Å². The maximum absolute atomic E-state index is 12.8. The van der Waals surface area contributed by atoms with E-state index >= 15 is 0 Å². The first-order valence-corrected chi connectivity index (χ1v) is 9.13. The Morgan fingerprint density at radius 1 is 1.12 bits per heavy atom. The molecule has 1 saturated carbocycles. The van der Waals surface area contributed by atoms with Crippen LogP contribution in [0.1, 0.15) is 36.0 Å². The van der Waals surface area contributed by atoms with Gasteiger partial charge in [-0.05, 0) is 62.1 Å². The Balaban J connectivity index is 1.65. The van der Waals surface area contributed by atoms with Gasteiger partial charge in [-0.2, -0.15) is 0 Å². The zero-order chi connectivity index (χ0) is 18.6. The number of halogens is 1. The molecule has 2 aromatic rings. The number of nitrogens with one attached hydrogen (secondary N) is 1. The highest BCUT2D eigenvalue weighted by Gasteiger charge is 2.42. The highest BCUT2D eigenvalue weighted by Crippen LogP contribution is 2.40. The van der Waals surface area contributed by atoms with Crippen LogP contribution in [-0.4, -0.2) is 23.2 Å². The molecule has 0 saturated heterocycles. The van der Waals surface area contributed by atoms with Gasteiger partial charge >= 0.3 is 0 Å². The topological polar surface area (TPSA) is 85.1 Å². The van der Waals surface area contributed by atoms with E-state index in [1.807, 2.05) is 0 Å². The Kier molecular flexibility index (Phi) is 5.69. The van der Waals surface area contributed by atoms with E-state index in [-0.39, 0.29) is 24.2 Å². The molecular weight excluding hydrogens is 350 g/mol. The molecule has 0 atom stereocenters. The van der Waals surface area contributed by atoms with E-state index in [0.717, 1.165) is 0 Å². The predicted octanol–water partition coefficient (Wildman–Crippen LogP) is 3.69. The van der Waals surface area contributed by atoms with Crippen LogP contribution in [0.4, 0.5) is 5.69 Å². The number of nitrogens with zero attached hydrogens (tertiary/aromatic N) is 1. The zero-order valence-corrected chi connectivity index (χ0v) is 15.2. The molecule has 3 N–H and O–H groups in total. The van der Waals surface area contributed by atoms with E-state index < -0.39 is 5.41 Å². The van der Waals surface area contributed by atoms with Crippen LogP contribution < -0.4 is 11.1 Å². The fraction of sp³-hybridized carbons (Fsp3) is 0.350. The number of carbonyl (C=O) groups excluding carboxylic acids is 2. The third-order valence-corrected chi connectivity index (χ3v) is 5.50. The second-order valence-electron chi connectivity index (χ2n) is 6.82. The molecule has 0 bridgehead atoms. The summed E-state index contributed by atoms with van der Waals surface area (Å²) < 4.78 is 0. The van der Waals surface area contributed by atoms with Crippen molar-refractivity contribution in [3.05, 3.63) is 59.4 Å². The Bertz CT molecular complexity index is 769. The molecule has 6 heteroatoms. The van der Waals surface area contributed by atoms with Crippen LogP contribution in [0.15, 0.2) is 48.8 Å². The number of anilines is 1. The van der Waals surface area contributed by atoms with Gasteiger partial charge in [0, 0.05) is 41.1 Å². The summed E-state index contributed by atoms with van der Waals surface area (Å²) in [6, 6.07) is 10.5. The Hall–Kier alpha value is -2.24. The van der Waals surface area contributed by atoms with Crippen LogP contribution in [0.2, 0.25) is 5.02 Å². The lowest BCUT2D eigenvalue weighted by Gasteiger charge is -2.37. The van der Waals surface area contributed by atoms with Crippen LogP contribution in [-0.2, 0) is 4.79 Å². The number of Topliss-reactive ketones (excluding diaryl/α,β-unsaturated/α-hetero) is 1. The maximum Gasteiger partial charge on any atom is 0.231 e. The van der Waals surface area contributed by atoms with Crippen molar-refractivity contribution in [2.45, 2.75) is 25.7 Å². The largest absolute Gasteiger partial charge is 0.329 e. The van der Waals surface area contributed by atoms with E-state index in [4.69, 9.17) is 17.3 Å². The third kappa shape index (κ3) is 3.94. The normalized spacial score (nSPS) is 22.6. The number of ketones is 1. The first-order chi connectivity index (χ1) is 12.5. The van der Waals surface area contributed by atoms with E-state index in [0.29, 0.717) is 42.0 Å². The maximum atomic E-state index is 12.8. The van der Waals surface area contributed by atoms with Crippen molar-refractivity contribution in [1.82, 2.24) is 4.98 Å².